The summed E-state index contributed by atoms with van der Waals surface area (Å²) in [5, 5.41) is 2.97. The Labute approximate surface area is 131 Å². The summed E-state index contributed by atoms with van der Waals surface area (Å²) < 4.78 is 5.19. The first-order valence-electron chi connectivity index (χ1n) is 7.66. The van der Waals surface area contributed by atoms with Crippen LogP contribution in [-0.4, -0.2) is 5.91 Å². The fourth-order valence-electron chi connectivity index (χ4n) is 2.38. The number of nitrogens with two attached hydrogens (primary N) is 1. The lowest BCUT2D eigenvalue weighted by Crippen LogP contribution is -2.26. The van der Waals surface area contributed by atoms with Crippen LogP contribution >= 0.6 is 0 Å². The first-order valence-corrected chi connectivity index (χ1v) is 7.66. The normalized spacial score (nSPS) is 12.4. The fourth-order valence-corrected chi connectivity index (χ4v) is 2.38. The van der Waals surface area contributed by atoms with Gasteiger partial charge < -0.3 is 15.5 Å². The highest BCUT2D eigenvalue weighted by molar-refractivity contribution is 5.94. The number of hydrogen-bond acceptors (Lipinski definition) is 3. The van der Waals surface area contributed by atoms with E-state index in [1.807, 2.05) is 6.92 Å². The fraction of sp³-hybridized carbons (Fsp3) is 0.389. The zero-order chi connectivity index (χ0) is 16.1. The molecule has 3 N–H and O–H groups in total. The Kier molecular flexibility index (Phi) is 5.39. The van der Waals surface area contributed by atoms with Crippen LogP contribution < -0.4 is 11.1 Å². The topological polar surface area (TPSA) is 68.3 Å². The molecule has 4 heteroatoms. The lowest BCUT2D eigenvalue weighted by molar-refractivity contribution is 0.0939. The Hall–Kier alpha value is -2.07. The predicted octanol–water partition coefficient (Wildman–Crippen LogP) is 3.43. The number of carbonyl (C=O) groups is 1. The smallest absolute Gasteiger partial charge is 0.255 e. The Morgan fingerprint density at radius 1 is 1.23 bits per heavy atom. The van der Waals surface area contributed by atoms with E-state index in [2.05, 4.69) is 43.4 Å². The zero-order valence-corrected chi connectivity index (χ0v) is 13.4. The van der Waals surface area contributed by atoms with Crippen molar-refractivity contribution < 1.29 is 9.21 Å². The van der Waals surface area contributed by atoms with E-state index in [1.165, 1.54) is 11.8 Å². The van der Waals surface area contributed by atoms with Crippen molar-refractivity contribution in [2.45, 2.75) is 39.8 Å². The summed E-state index contributed by atoms with van der Waals surface area (Å²) in [6, 6.07) is 10.0. The molecule has 22 heavy (non-hydrogen) atoms. The van der Waals surface area contributed by atoms with Crippen molar-refractivity contribution in [3.63, 3.8) is 0 Å². The minimum atomic E-state index is -0.151. The van der Waals surface area contributed by atoms with Gasteiger partial charge in [-0.3, -0.25) is 4.79 Å². The van der Waals surface area contributed by atoms with Crippen molar-refractivity contribution in [3.05, 3.63) is 59.0 Å². The molecule has 0 aliphatic rings. The van der Waals surface area contributed by atoms with Crippen LogP contribution in [0.25, 0.3) is 0 Å². The van der Waals surface area contributed by atoms with Gasteiger partial charge in [-0.1, -0.05) is 38.1 Å². The third kappa shape index (κ3) is 4.21. The number of rotatable bonds is 6. The quantitative estimate of drug-likeness (QED) is 0.858. The predicted molar refractivity (Wildman–Crippen MR) is 87.5 cm³/mol. The first-order chi connectivity index (χ1) is 10.5. The van der Waals surface area contributed by atoms with Crippen molar-refractivity contribution in [1.29, 1.82) is 0 Å². The molecule has 0 aliphatic heterocycles. The molecule has 2 rings (SSSR count). The molecule has 0 radical (unpaired) electrons. The second-order valence-corrected chi connectivity index (χ2v) is 6.04. The molecule has 0 aliphatic carbocycles. The lowest BCUT2D eigenvalue weighted by atomic mass is 10.00. The van der Waals surface area contributed by atoms with Gasteiger partial charge in [-0.15, -0.1) is 0 Å². The molecule has 0 saturated heterocycles. The van der Waals surface area contributed by atoms with E-state index in [0.29, 0.717) is 23.8 Å². The highest BCUT2D eigenvalue weighted by Gasteiger charge is 2.13. The molecule has 0 bridgehead atoms. The second-order valence-electron chi connectivity index (χ2n) is 6.04. The largest absolute Gasteiger partial charge is 0.467 e. The van der Waals surface area contributed by atoms with Gasteiger partial charge in [-0.25, -0.2) is 0 Å². The van der Waals surface area contributed by atoms with Gasteiger partial charge in [0.25, 0.3) is 5.91 Å². The molecular weight excluding hydrogens is 276 g/mol. The van der Waals surface area contributed by atoms with Crippen molar-refractivity contribution in [1.82, 2.24) is 5.32 Å². The highest BCUT2D eigenvalue weighted by Crippen LogP contribution is 2.16. The minimum absolute atomic E-state index is 0.0585. The van der Waals surface area contributed by atoms with Crippen molar-refractivity contribution >= 4 is 5.91 Å². The zero-order valence-electron chi connectivity index (χ0n) is 13.4. The summed E-state index contributed by atoms with van der Waals surface area (Å²) in [4.78, 5) is 12.2. The molecule has 1 unspecified atom stereocenters. The molecule has 1 aromatic carbocycles. The van der Waals surface area contributed by atoms with E-state index in [1.54, 1.807) is 6.07 Å². The average Bonchev–Trinajstić information content (AvgIpc) is 2.96. The second kappa shape index (κ2) is 7.27. The first kappa shape index (κ1) is 16.3. The van der Waals surface area contributed by atoms with Gasteiger partial charge in [0.05, 0.1) is 18.2 Å². The summed E-state index contributed by atoms with van der Waals surface area (Å²) >= 11 is 0. The lowest BCUT2D eigenvalue weighted by Gasteiger charge is -2.14. The van der Waals surface area contributed by atoms with Crippen LogP contribution in [0.4, 0.5) is 0 Å². The van der Waals surface area contributed by atoms with Gasteiger partial charge in [0.2, 0.25) is 0 Å². The van der Waals surface area contributed by atoms with Gasteiger partial charge in [0.1, 0.15) is 12.0 Å². The maximum absolute atomic E-state index is 12.2. The summed E-state index contributed by atoms with van der Waals surface area (Å²) in [6.45, 7) is 6.67. The number of furan rings is 1. The maximum Gasteiger partial charge on any atom is 0.255 e. The van der Waals surface area contributed by atoms with Crippen molar-refractivity contribution in [2.75, 3.05) is 0 Å². The van der Waals surface area contributed by atoms with Crippen LogP contribution in [0.2, 0.25) is 0 Å². The third-order valence-electron chi connectivity index (χ3n) is 3.59. The average molecular weight is 300 g/mol. The minimum Gasteiger partial charge on any atom is -0.467 e. The Morgan fingerprint density at radius 2 is 1.91 bits per heavy atom. The molecule has 1 aromatic heterocycles. The monoisotopic (exact) mass is 300 g/mol. The number of carbonyl (C=O) groups excluding carboxylic acids is 1. The summed E-state index contributed by atoms with van der Waals surface area (Å²) in [5.74, 6) is 1.10. The molecule has 1 amide bonds. The van der Waals surface area contributed by atoms with E-state index in [0.717, 1.165) is 12.0 Å². The highest BCUT2D eigenvalue weighted by atomic mass is 16.3. The van der Waals surface area contributed by atoms with Crippen LogP contribution in [0, 0.1) is 5.92 Å². The number of benzene rings is 1. The molecular formula is C18H24N2O2. The van der Waals surface area contributed by atoms with Crippen LogP contribution in [0.1, 0.15) is 54.1 Å². The van der Waals surface area contributed by atoms with Crippen LogP contribution in [0.3, 0.4) is 0 Å². The third-order valence-corrected chi connectivity index (χ3v) is 3.59. The molecule has 1 atom stereocenters. The van der Waals surface area contributed by atoms with Gasteiger partial charge in [0.15, 0.2) is 0 Å². The summed E-state index contributed by atoms with van der Waals surface area (Å²) in [7, 11) is 0. The molecule has 2 aromatic rings. The van der Waals surface area contributed by atoms with E-state index in [9.17, 15) is 4.79 Å². The van der Waals surface area contributed by atoms with Gasteiger partial charge in [-0.05, 0) is 36.5 Å². The Balaban J connectivity index is 1.99. The van der Waals surface area contributed by atoms with Gasteiger partial charge in [-0.2, -0.15) is 0 Å². The molecule has 118 valence electrons. The van der Waals surface area contributed by atoms with Crippen molar-refractivity contribution in [2.24, 2.45) is 11.7 Å². The van der Waals surface area contributed by atoms with E-state index in [4.69, 9.17) is 10.2 Å². The molecule has 4 nitrogen and oxygen atoms in total. The Bertz CT molecular complexity index is 614. The summed E-state index contributed by atoms with van der Waals surface area (Å²) in [5.41, 5.74) is 8.39. The van der Waals surface area contributed by atoms with E-state index >= 15 is 0 Å². The number of hydrogen-bond donors (Lipinski definition) is 2. The SMILES string of the molecule is CC(C)Cc1ccc(C(C)NC(=O)c2coc(CN)c2)cc1. The van der Waals surface area contributed by atoms with Crippen LogP contribution in [-0.2, 0) is 13.0 Å². The van der Waals surface area contributed by atoms with E-state index < -0.39 is 0 Å². The van der Waals surface area contributed by atoms with E-state index in [-0.39, 0.29) is 11.9 Å². The maximum atomic E-state index is 12.2. The number of amides is 1. The molecule has 1 heterocycles. The van der Waals surface area contributed by atoms with Gasteiger partial charge >= 0.3 is 0 Å². The summed E-state index contributed by atoms with van der Waals surface area (Å²) in [6.07, 6.45) is 2.51. The van der Waals surface area contributed by atoms with Crippen LogP contribution in [0.15, 0.2) is 41.0 Å². The number of nitrogens with one attached hydrogen (secondary N) is 1. The Morgan fingerprint density at radius 3 is 2.45 bits per heavy atom. The molecule has 0 spiro atoms. The van der Waals surface area contributed by atoms with Gasteiger partial charge in [0, 0.05) is 0 Å². The standard InChI is InChI=1S/C18H24N2O2/c1-12(2)8-14-4-6-15(7-5-14)13(3)20-18(21)16-9-17(10-19)22-11-16/h4-7,9,11-13H,8,10,19H2,1-3H3,(H,20,21). The molecule has 0 saturated carbocycles. The van der Waals surface area contributed by atoms with Crippen LogP contribution in [0.5, 0.6) is 0 Å². The van der Waals surface area contributed by atoms with Crippen molar-refractivity contribution in [3.8, 4) is 0 Å². The molecule has 0 fully saturated rings.